The van der Waals surface area contributed by atoms with Crippen LogP contribution in [-0.2, 0) is 0 Å². The summed E-state index contributed by atoms with van der Waals surface area (Å²) in [5.74, 6) is 0.856. The molecule has 1 N–H and O–H groups in total. The van der Waals surface area contributed by atoms with Crippen molar-refractivity contribution in [1.29, 1.82) is 0 Å². The minimum Gasteiger partial charge on any atom is -0.490 e. The molecule has 0 unspecified atom stereocenters. The van der Waals surface area contributed by atoms with E-state index in [4.69, 9.17) is 4.74 Å². The van der Waals surface area contributed by atoms with E-state index in [1.165, 1.54) is 19.3 Å². The second-order valence-corrected chi connectivity index (χ2v) is 5.74. The molecule has 1 aromatic carbocycles. The monoisotopic (exact) mass is 326 g/mol. The van der Waals surface area contributed by atoms with Gasteiger partial charge >= 0.3 is 0 Å². The molecule has 2 rings (SSSR count). The van der Waals surface area contributed by atoms with Crippen LogP contribution in [0, 0.1) is 0 Å². The van der Waals surface area contributed by atoms with Crippen molar-refractivity contribution in [2.45, 2.75) is 38.2 Å². The zero-order valence-electron chi connectivity index (χ0n) is 13.5. The first-order valence-corrected chi connectivity index (χ1v) is 7.87. The van der Waals surface area contributed by atoms with Crippen molar-refractivity contribution in [1.82, 2.24) is 10.2 Å². The van der Waals surface area contributed by atoms with E-state index in [1.54, 1.807) is 4.90 Å². The number of hydrogen-bond acceptors (Lipinski definition) is 3. The lowest BCUT2D eigenvalue weighted by molar-refractivity contribution is 0.0795. The van der Waals surface area contributed by atoms with Crippen LogP contribution in [0.15, 0.2) is 24.3 Å². The molecule has 0 bridgehead atoms. The van der Waals surface area contributed by atoms with Gasteiger partial charge in [0.25, 0.3) is 5.91 Å². The zero-order chi connectivity index (χ0) is 15.1. The standard InChI is InChI=1S/C17H26N2O2.ClH/c1-18-11-12-19(2)17(20)14-7-6-10-16(13-14)21-15-8-4-3-5-9-15;/h6-7,10,13,15,18H,3-5,8-9,11-12H2,1-2H3;1H. The average Bonchev–Trinajstić information content (AvgIpc) is 2.53. The van der Waals surface area contributed by atoms with E-state index in [9.17, 15) is 4.79 Å². The van der Waals surface area contributed by atoms with Crippen molar-refractivity contribution in [3.8, 4) is 5.75 Å². The van der Waals surface area contributed by atoms with Crippen LogP contribution in [0.25, 0.3) is 0 Å². The van der Waals surface area contributed by atoms with E-state index in [-0.39, 0.29) is 18.3 Å². The molecule has 5 heteroatoms. The van der Waals surface area contributed by atoms with Gasteiger partial charge in [0.2, 0.25) is 0 Å². The van der Waals surface area contributed by atoms with Crippen LogP contribution in [-0.4, -0.2) is 44.1 Å². The third kappa shape index (κ3) is 5.50. The Hall–Kier alpha value is -1.26. The molecule has 1 amide bonds. The summed E-state index contributed by atoms with van der Waals surface area (Å²) in [7, 11) is 3.71. The molecule has 0 spiro atoms. The number of nitrogens with zero attached hydrogens (tertiary/aromatic N) is 1. The Morgan fingerprint density at radius 3 is 2.73 bits per heavy atom. The third-order valence-electron chi connectivity index (χ3n) is 3.98. The van der Waals surface area contributed by atoms with Gasteiger partial charge in [-0.2, -0.15) is 0 Å². The van der Waals surface area contributed by atoms with Gasteiger partial charge in [0.05, 0.1) is 6.10 Å². The molecule has 124 valence electrons. The van der Waals surface area contributed by atoms with E-state index < -0.39 is 0 Å². The normalized spacial score (nSPS) is 15.0. The number of ether oxygens (including phenoxy) is 1. The van der Waals surface area contributed by atoms with Gasteiger partial charge in [-0.1, -0.05) is 12.5 Å². The molecule has 22 heavy (non-hydrogen) atoms. The summed E-state index contributed by atoms with van der Waals surface area (Å²) >= 11 is 0. The molecule has 1 aliphatic carbocycles. The minimum absolute atomic E-state index is 0. The number of halogens is 1. The third-order valence-corrected chi connectivity index (χ3v) is 3.98. The second kappa shape index (κ2) is 9.70. The quantitative estimate of drug-likeness (QED) is 0.873. The number of amides is 1. The maximum atomic E-state index is 12.3. The first-order valence-electron chi connectivity index (χ1n) is 7.87. The van der Waals surface area contributed by atoms with Crippen molar-refractivity contribution in [3.05, 3.63) is 29.8 Å². The zero-order valence-corrected chi connectivity index (χ0v) is 14.3. The lowest BCUT2D eigenvalue weighted by atomic mass is 9.98. The molecule has 1 saturated carbocycles. The van der Waals surface area contributed by atoms with Gasteiger partial charge in [0.1, 0.15) is 5.75 Å². The highest BCUT2D eigenvalue weighted by Gasteiger charge is 2.16. The van der Waals surface area contributed by atoms with Gasteiger partial charge in [-0.3, -0.25) is 4.79 Å². The molecule has 0 aromatic heterocycles. The lowest BCUT2D eigenvalue weighted by Crippen LogP contribution is -2.32. The predicted octanol–water partition coefficient (Wildman–Crippen LogP) is 3.11. The molecule has 0 radical (unpaired) electrons. The van der Waals surface area contributed by atoms with Crippen molar-refractivity contribution in [2.24, 2.45) is 0 Å². The Morgan fingerprint density at radius 1 is 1.32 bits per heavy atom. The molecule has 1 aliphatic rings. The Bertz CT molecular complexity index is 462. The van der Waals surface area contributed by atoms with Crippen LogP contribution in [0.2, 0.25) is 0 Å². The molecule has 1 fully saturated rings. The van der Waals surface area contributed by atoms with Gasteiger partial charge in [-0.05, 0) is 50.9 Å². The van der Waals surface area contributed by atoms with Gasteiger partial charge < -0.3 is 15.0 Å². The second-order valence-electron chi connectivity index (χ2n) is 5.74. The first-order chi connectivity index (χ1) is 10.2. The van der Waals surface area contributed by atoms with E-state index >= 15 is 0 Å². The summed E-state index contributed by atoms with van der Waals surface area (Å²) in [5.41, 5.74) is 0.696. The maximum absolute atomic E-state index is 12.3. The predicted molar refractivity (Wildman–Crippen MR) is 92.1 cm³/mol. The van der Waals surface area contributed by atoms with E-state index in [2.05, 4.69) is 5.32 Å². The number of carbonyl (C=O) groups excluding carboxylic acids is 1. The molecular formula is C17H27ClN2O2. The summed E-state index contributed by atoms with van der Waals surface area (Å²) in [4.78, 5) is 14.1. The van der Waals surface area contributed by atoms with E-state index in [1.807, 2.05) is 38.4 Å². The molecular weight excluding hydrogens is 300 g/mol. The van der Waals surface area contributed by atoms with E-state index in [0.29, 0.717) is 18.2 Å². The Morgan fingerprint density at radius 2 is 2.05 bits per heavy atom. The highest BCUT2D eigenvalue weighted by molar-refractivity contribution is 5.94. The molecule has 1 aromatic rings. The summed E-state index contributed by atoms with van der Waals surface area (Å²) in [6.45, 7) is 1.49. The Balaban J connectivity index is 0.00000242. The topological polar surface area (TPSA) is 41.6 Å². The van der Waals surface area contributed by atoms with Gasteiger partial charge in [0.15, 0.2) is 0 Å². The number of rotatable bonds is 6. The van der Waals surface area contributed by atoms with Crippen LogP contribution in [0.4, 0.5) is 0 Å². The summed E-state index contributed by atoms with van der Waals surface area (Å²) in [6, 6.07) is 7.56. The Kier molecular flexibility index (Phi) is 8.28. The molecule has 0 heterocycles. The van der Waals surface area contributed by atoms with Crippen molar-refractivity contribution < 1.29 is 9.53 Å². The van der Waals surface area contributed by atoms with Crippen LogP contribution < -0.4 is 10.1 Å². The SMILES string of the molecule is CNCCN(C)C(=O)c1cccc(OC2CCCCC2)c1.Cl. The fourth-order valence-electron chi connectivity index (χ4n) is 2.68. The van der Waals surface area contributed by atoms with Crippen LogP contribution in [0.1, 0.15) is 42.5 Å². The largest absolute Gasteiger partial charge is 0.490 e. The lowest BCUT2D eigenvalue weighted by Gasteiger charge is -2.23. The van der Waals surface area contributed by atoms with Crippen LogP contribution in [0.3, 0.4) is 0 Å². The van der Waals surface area contributed by atoms with Crippen LogP contribution in [0.5, 0.6) is 5.75 Å². The number of benzene rings is 1. The van der Waals surface area contributed by atoms with Gasteiger partial charge in [-0.15, -0.1) is 12.4 Å². The maximum Gasteiger partial charge on any atom is 0.253 e. The number of nitrogens with one attached hydrogen (secondary N) is 1. The number of likely N-dealkylation sites (N-methyl/N-ethyl adjacent to an activating group) is 2. The highest BCUT2D eigenvalue weighted by atomic mass is 35.5. The smallest absolute Gasteiger partial charge is 0.253 e. The van der Waals surface area contributed by atoms with Crippen molar-refractivity contribution in [2.75, 3.05) is 27.2 Å². The van der Waals surface area contributed by atoms with Crippen molar-refractivity contribution >= 4 is 18.3 Å². The fourth-order valence-corrected chi connectivity index (χ4v) is 2.68. The van der Waals surface area contributed by atoms with Crippen molar-refractivity contribution in [3.63, 3.8) is 0 Å². The fraction of sp³-hybridized carbons (Fsp3) is 0.588. The summed E-state index contributed by atoms with van der Waals surface area (Å²) in [5, 5.41) is 3.05. The minimum atomic E-state index is 0. The average molecular weight is 327 g/mol. The summed E-state index contributed by atoms with van der Waals surface area (Å²) < 4.78 is 6.02. The molecule has 4 nitrogen and oxygen atoms in total. The van der Waals surface area contributed by atoms with Crippen LogP contribution >= 0.6 is 12.4 Å². The number of hydrogen-bond donors (Lipinski definition) is 1. The van der Waals surface area contributed by atoms with E-state index in [0.717, 1.165) is 25.1 Å². The molecule has 0 aliphatic heterocycles. The van der Waals surface area contributed by atoms with Gasteiger partial charge in [-0.25, -0.2) is 0 Å². The molecule has 0 atom stereocenters. The summed E-state index contributed by atoms with van der Waals surface area (Å²) in [6.07, 6.45) is 6.37. The first kappa shape index (κ1) is 18.8. The molecule has 0 saturated heterocycles. The highest BCUT2D eigenvalue weighted by Crippen LogP contribution is 2.24. The number of carbonyl (C=O) groups is 1. The Labute approximate surface area is 139 Å². The van der Waals surface area contributed by atoms with Gasteiger partial charge in [0, 0.05) is 25.7 Å².